The number of rotatable bonds is 2. The van der Waals surface area contributed by atoms with Crippen LogP contribution >= 0.6 is 27.5 Å². The van der Waals surface area contributed by atoms with Crippen LogP contribution in [0.5, 0.6) is 0 Å². The van der Waals surface area contributed by atoms with Gasteiger partial charge in [-0.25, -0.2) is 0 Å². The number of hydrogen-bond donors (Lipinski definition) is 1. The lowest BCUT2D eigenvalue weighted by molar-refractivity contribution is 0.480. The Bertz CT molecular complexity index is 410. The highest BCUT2D eigenvalue weighted by atomic mass is 79.9. The van der Waals surface area contributed by atoms with Crippen LogP contribution in [-0.2, 0) is 0 Å². The Morgan fingerprint density at radius 1 is 0.857 bits per heavy atom. The maximum Gasteiger partial charge on any atom is 0.0638 e. The third kappa shape index (κ3) is 6.61. The number of benzene rings is 1. The molecule has 0 heterocycles. The van der Waals surface area contributed by atoms with Crippen molar-refractivity contribution in [3.05, 3.63) is 27.7 Å². The van der Waals surface area contributed by atoms with Crippen LogP contribution in [0.25, 0.3) is 0 Å². The molecule has 3 heteroatoms. The van der Waals surface area contributed by atoms with Gasteiger partial charge < -0.3 is 5.32 Å². The Balaban J connectivity index is 1.92. The van der Waals surface area contributed by atoms with Crippen molar-refractivity contribution < 1.29 is 0 Å². The minimum atomic E-state index is 0.566. The van der Waals surface area contributed by atoms with E-state index in [2.05, 4.69) is 27.3 Å². The smallest absolute Gasteiger partial charge is 0.0638 e. The lowest BCUT2D eigenvalue weighted by atomic mass is 9.98. The van der Waals surface area contributed by atoms with E-state index in [1.807, 2.05) is 12.1 Å². The summed E-state index contributed by atoms with van der Waals surface area (Å²) in [6.07, 6.45) is 15.1. The summed E-state index contributed by atoms with van der Waals surface area (Å²) in [7, 11) is 0. The second-order valence-corrected chi connectivity index (χ2v) is 7.55. The minimum Gasteiger partial charge on any atom is -0.381 e. The van der Waals surface area contributed by atoms with Gasteiger partial charge in [0, 0.05) is 10.5 Å². The lowest BCUT2D eigenvalue weighted by Crippen LogP contribution is -2.20. The van der Waals surface area contributed by atoms with Crippen molar-refractivity contribution in [1.82, 2.24) is 0 Å². The van der Waals surface area contributed by atoms with Crippen LogP contribution in [0, 0.1) is 0 Å². The highest BCUT2D eigenvalue weighted by molar-refractivity contribution is 9.10. The minimum absolute atomic E-state index is 0.566. The molecule has 0 saturated heterocycles. The first-order valence-corrected chi connectivity index (χ1v) is 9.64. The molecular formula is C18H27BrClN. The quantitative estimate of drug-likeness (QED) is 0.579. The van der Waals surface area contributed by atoms with Crippen molar-refractivity contribution in [3.63, 3.8) is 0 Å². The summed E-state index contributed by atoms with van der Waals surface area (Å²) in [6.45, 7) is 0. The number of anilines is 1. The maximum absolute atomic E-state index is 6.31. The molecule has 0 bridgehead atoms. The molecule has 1 aliphatic rings. The Kier molecular flexibility index (Phi) is 7.95. The van der Waals surface area contributed by atoms with Gasteiger partial charge in [-0.1, -0.05) is 85.3 Å². The Morgan fingerprint density at radius 2 is 1.38 bits per heavy atom. The summed E-state index contributed by atoms with van der Waals surface area (Å²) in [5.41, 5.74) is 1.07. The summed E-state index contributed by atoms with van der Waals surface area (Å²) < 4.78 is 1.09. The molecule has 2 rings (SSSR count). The largest absolute Gasteiger partial charge is 0.381 e. The molecule has 0 unspecified atom stereocenters. The van der Waals surface area contributed by atoms with Gasteiger partial charge in [0.2, 0.25) is 0 Å². The van der Waals surface area contributed by atoms with Crippen LogP contribution in [0.3, 0.4) is 0 Å². The van der Waals surface area contributed by atoms with Gasteiger partial charge in [-0.05, 0) is 31.0 Å². The van der Waals surface area contributed by atoms with Crippen LogP contribution in [0.4, 0.5) is 5.69 Å². The monoisotopic (exact) mass is 371 g/mol. The third-order valence-corrected chi connectivity index (χ3v) is 5.22. The van der Waals surface area contributed by atoms with E-state index in [1.165, 1.54) is 70.6 Å². The van der Waals surface area contributed by atoms with E-state index in [9.17, 15) is 0 Å². The fraction of sp³-hybridized carbons (Fsp3) is 0.667. The number of hydrogen-bond acceptors (Lipinski definition) is 1. The molecule has 1 aromatic rings. The van der Waals surface area contributed by atoms with E-state index in [0.717, 1.165) is 15.2 Å². The standard InChI is InChI=1S/C18H27BrClN/c19-15-12-13-17(20)18(14-15)21-16-10-8-6-4-2-1-3-5-7-9-11-16/h12-14,16,21H,1-11H2. The molecule has 1 saturated carbocycles. The van der Waals surface area contributed by atoms with Crippen molar-refractivity contribution in [2.24, 2.45) is 0 Å². The van der Waals surface area contributed by atoms with Gasteiger partial charge in [0.1, 0.15) is 0 Å². The Hall–Kier alpha value is -0.210. The van der Waals surface area contributed by atoms with Crippen molar-refractivity contribution in [3.8, 4) is 0 Å². The molecule has 1 fully saturated rings. The molecule has 21 heavy (non-hydrogen) atoms. The van der Waals surface area contributed by atoms with Gasteiger partial charge in [-0.15, -0.1) is 0 Å². The number of nitrogens with one attached hydrogen (secondary N) is 1. The zero-order valence-corrected chi connectivity index (χ0v) is 15.2. The average molecular weight is 373 g/mol. The van der Waals surface area contributed by atoms with Gasteiger partial charge in [0.25, 0.3) is 0 Å². The maximum atomic E-state index is 6.31. The Labute approximate surface area is 143 Å². The molecule has 0 atom stereocenters. The zero-order chi connectivity index (χ0) is 14.9. The molecule has 0 radical (unpaired) electrons. The molecule has 1 nitrogen and oxygen atoms in total. The van der Waals surface area contributed by atoms with Gasteiger partial charge >= 0.3 is 0 Å². The first-order chi connectivity index (χ1) is 10.3. The first kappa shape index (κ1) is 17.1. The van der Waals surface area contributed by atoms with Crippen molar-refractivity contribution in [2.75, 3.05) is 5.32 Å². The number of halogens is 2. The molecular weight excluding hydrogens is 346 g/mol. The van der Waals surface area contributed by atoms with E-state index in [0.29, 0.717) is 6.04 Å². The average Bonchev–Trinajstić information content (AvgIpc) is 2.45. The van der Waals surface area contributed by atoms with Gasteiger partial charge in [0.15, 0.2) is 0 Å². The van der Waals surface area contributed by atoms with Crippen LogP contribution in [-0.4, -0.2) is 6.04 Å². The van der Waals surface area contributed by atoms with E-state index in [1.54, 1.807) is 0 Å². The molecule has 0 aromatic heterocycles. The fourth-order valence-electron chi connectivity index (χ4n) is 3.14. The lowest BCUT2D eigenvalue weighted by Gasteiger charge is -2.21. The summed E-state index contributed by atoms with van der Waals surface area (Å²) in [5, 5.41) is 4.50. The predicted octanol–water partition coefficient (Wildman–Crippen LogP) is 7.19. The fourth-order valence-corrected chi connectivity index (χ4v) is 3.67. The predicted molar refractivity (Wildman–Crippen MR) is 97.3 cm³/mol. The van der Waals surface area contributed by atoms with Crippen LogP contribution in [0.1, 0.15) is 70.6 Å². The van der Waals surface area contributed by atoms with Gasteiger partial charge in [-0.2, -0.15) is 0 Å². The zero-order valence-electron chi connectivity index (χ0n) is 12.8. The third-order valence-electron chi connectivity index (χ3n) is 4.39. The summed E-state index contributed by atoms with van der Waals surface area (Å²) in [4.78, 5) is 0. The van der Waals surface area contributed by atoms with E-state index in [-0.39, 0.29) is 0 Å². The van der Waals surface area contributed by atoms with E-state index in [4.69, 9.17) is 11.6 Å². The summed E-state index contributed by atoms with van der Waals surface area (Å²) in [6, 6.07) is 6.62. The van der Waals surface area contributed by atoms with Crippen LogP contribution in [0.15, 0.2) is 22.7 Å². The normalized spacial score (nSPS) is 19.5. The first-order valence-electron chi connectivity index (χ1n) is 8.47. The van der Waals surface area contributed by atoms with Crippen molar-refractivity contribution >= 4 is 33.2 Å². The van der Waals surface area contributed by atoms with Crippen LogP contribution < -0.4 is 5.32 Å². The second-order valence-electron chi connectivity index (χ2n) is 6.22. The molecule has 1 N–H and O–H groups in total. The molecule has 118 valence electrons. The molecule has 1 aliphatic carbocycles. The topological polar surface area (TPSA) is 12.0 Å². The highest BCUT2D eigenvalue weighted by Crippen LogP contribution is 2.28. The van der Waals surface area contributed by atoms with Crippen molar-refractivity contribution in [2.45, 2.75) is 76.7 Å². The SMILES string of the molecule is Clc1ccc(Br)cc1NC1CCCCCCCCCCC1. The molecule has 0 amide bonds. The van der Waals surface area contributed by atoms with Crippen LogP contribution in [0.2, 0.25) is 5.02 Å². The second kappa shape index (κ2) is 9.74. The summed E-state index contributed by atoms with van der Waals surface area (Å²) in [5.74, 6) is 0. The van der Waals surface area contributed by atoms with Gasteiger partial charge in [0.05, 0.1) is 10.7 Å². The molecule has 0 spiro atoms. The Morgan fingerprint density at radius 3 is 1.95 bits per heavy atom. The molecule has 1 aromatic carbocycles. The van der Waals surface area contributed by atoms with Gasteiger partial charge in [-0.3, -0.25) is 0 Å². The highest BCUT2D eigenvalue weighted by Gasteiger charge is 2.11. The summed E-state index contributed by atoms with van der Waals surface area (Å²) >= 11 is 9.84. The molecule has 0 aliphatic heterocycles. The van der Waals surface area contributed by atoms with E-state index >= 15 is 0 Å². The van der Waals surface area contributed by atoms with E-state index < -0.39 is 0 Å². The van der Waals surface area contributed by atoms with Crippen molar-refractivity contribution in [1.29, 1.82) is 0 Å².